The smallest absolute Gasteiger partial charge is 0.335 e. The Morgan fingerprint density at radius 1 is 1.03 bits per heavy atom. The number of aryl methyl sites for hydroxylation is 1. The van der Waals surface area contributed by atoms with Crippen LogP contribution in [0.3, 0.4) is 0 Å². The molecule has 0 bridgehead atoms. The topological polar surface area (TPSA) is 72.6 Å². The van der Waals surface area contributed by atoms with Crippen LogP contribution in [-0.4, -0.2) is 24.4 Å². The van der Waals surface area contributed by atoms with E-state index < -0.39 is 14.3 Å². The van der Waals surface area contributed by atoms with Crippen LogP contribution in [0.4, 0.5) is 0 Å². The first kappa shape index (κ1) is 26.9. The normalized spacial score (nSPS) is 13.1. The van der Waals surface area contributed by atoms with Gasteiger partial charge >= 0.3 is 5.97 Å². The highest BCUT2D eigenvalue weighted by Gasteiger charge is 2.40. The number of oxazole rings is 1. The lowest BCUT2D eigenvalue weighted by molar-refractivity contribution is 0.0697. The van der Waals surface area contributed by atoms with Gasteiger partial charge in [-0.3, -0.25) is 0 Å². The summed E-state index contributed by atoms with van der Waals surface area (Å²) in [5, 5.41) is 9.39. The van der Waals surface area contributed by atoms with Gasteiger partial charge in [-0.05, 0) is 55.1 Å². The molecule has 1 N–H and O–H groups in total. The summed E-state index contributed by atoms with van der Waals surface area (Å²) in [7, 11) is -2.04. The van der Waals surface area contributed by atoms with Gasteiger partial charge in [0.1, 0.15) is 6.10 Å². The van der Waals surface area contributed by atoms with Crippen molar-refractivity contribution in [1.29, 1.82) is 0 Å². The average molecular weight is 494 g/mol. The van der Waals surface area contributed by atoms with E-state index in [1.54, 1.807) is 24.4 Å². The summed E-state index contributed by atoms with van der Waals surface area (Å²) in [6, 6.07) is 17.4. The van der Waals surface area contributed by atoms with Crippen LogP contribution in [0.2, 0.25) is 18.1 Å². The average Bonchev–Trinajstić information content (AvgIpc) is 3.31. The van der Waals surface area contributed by atoms with E-state index in [2.05, 4.69) is 69.2 Å². The van der Waals surface area contributed by atoms with Gasteiger partial charge in [-0.2, -0.15) is 0 Å². The van der Waals surface area contributed by atoms with E-state index in [9.17, 15) is 9.90 Å². The molecule has 35 heavy (non-hydrogen) atoms. The molecule has 0 aliphatic rings. The fourth-order valence-electron chi connectivity index (χ4n) is 3.80. The van der Waals surface area contributed by atoms with E-state index >= 15 is 0 Å². The van der Waals surface area contributed by atoms with E-state index in [0.717, 1.165) is 25.7 Å². The zero-order valence-electron chi connectivity index (χ0n) is 21.7. The van der Waals surface area contributed by atoms with Gasteiger partial charge in [-0.25, -0.2) is 9.78 Å². The summed E-state index contributed by atoms with van der Waals surface area (Å²) in [5.74, 6) is 0.183. The molecule has 1 heterocycles. The van der Waals surface area contributed by atoms with Crippen molar-refractivity contribution in [1.82, 2.24) is 4.98 Å². The minimum absolute atomic E-state index is 0.0756. The molecule has 3 rings (SSSR count). The molecule has 0 spiro atoms. The maximum absolute atomic E-state index is 11.4. The monoisotopic (exact) mass is 493 g/mol. The Labute approximate surface area is 210 Å². The lowest BCUT2D eigenvalue weighted by Gasteiger charge is -2.38. The summed E-state index contributed by atoms with van der Waals surface area (Å²) >= 11 is 0. The highest BCUT2D eigenvalue weighted by atomic mass is 28.4. The third-order valence-corrected chi connectivity index (χ3v) is 11.4. The van der Waals surface area contributed by atoms with Gasteiger partial charge in [-0.1, -0.05) is 82.5 Å². The highest BCUT2D eigenvalue weighted by Crippen LogP contribution is 2.41. The standard InChI is InChI=1S/C29H39NO4Si/c1-29(2,3)35(4,5)34-25(19-12-7-6-9-14-22-15-10-8-11-16-22)27-30-21-26(33-27)23-17-13-18-24(20-23)28(31)32/h8,10-11,13,15-18,20-21,25H,6-7,9,12,14,19H2,1-5H3,(H,31,32). The number of benzene rings is 2. The van der Waals surface area contributed by atoms with Crippen molar-refractivity contribution >= 4 is 14.3 Å². The van der Waals surface area contributed by atoms with Crippen LogP contribution in [0, 0.1) is 0 Å². The Morgan fingerprint density at radius 2 is 1.74 bits per heavy atom. The van der Waals surface area contributed by atoms with E-state index in [1.165, 1.54) is 18.4 Å². The Balaban J connectivity index is 1.67. The third-order valence-electron chi connectivity index (χ3n) is 6.96. The molecule has 0 saturated heterocycles. The van der Waals surface area contributed by atoms with Crippen molar-refractivity contribution < 1.29 is 18.7 Å². The van der Waals surface area contributed by atoms with Crippen molar-refractivity contribution in [2.75, 3.05) is 0 Å². The van der Waals surface area contributed by atoms with Crippen LogP contribution in [0.15, 0.2) is 65.2 Å². The molecule has 0 amide bonds. The molecular formula is C29H39NO4Si. The van der Waals surface area contributed by atoms with Crippen LogP contribution in [-0.2, 0) is 10.8 Å². The lowest BCUT2D eigenvalue weighted by Crippen LogP contribution is -2.41. The van der Waals surface area contributed by atoms with E-state index in [-0.39, 0.29) is 16.7 Å². The molecule has 1 aromatic heterocycles. The molecular weight excluding hydrogens is 454 g/mol. The van der Waals surface area contributed by atoms with Crippen molar-refractivity contribution in [3.63, 3.8) is 0 Å². The molecule has 2 aromatic carbocycles. The van der Waals surface area contributed by atoms with Crippen molar-refractivity contribution in [2.45, 2.75) is 83.5 Å². The first-order valence-electron chi connectivity index (χ1n) is 12.6. The van der Waals surface area contributed by atoms with Crippen molar-refractivity contribution in [3.8, 4) is 11.3 Å². The van der Waals surface area contributed by atoms with E-state index in [0.29, 0.717) is 17.2 Å². The molecule has 1 atom stereocenters. The quantitative estimate of drug-likeness (QED) is 0.203. The molecule has 1 unspecified atom stereocenters. The number of hydrogen-bond donors (Lipinski definition) is 1. The molecule has 0 aliphatic heterocycles. The van der Waals surface area contributed by atoms with E-state index in [4.69, 9.17) is 8.84 Å². The molecule has 188 valence electrons. The molecule has 0 saturated carbocycles. The molecule has 6 heteroatoms. The predicted molar refractivity (Wildman–Crippen MR) is 143 cm³/mol. The van der Waals surface area contributed by atoms with Crippen LogP contribution in [0.25, 0.3) is 11.3 Å². The van der Waals surface area contributed by atoms with Gasteiger partial charge in [0.15, 0.2) is 14.1 Å². The number of hydrogen-bond acceptors (Lipinski definition) is 4. The molecule has 3 aromatic rings. The maximum Gasteiger partial charge on any atom is 0.335 e. The minimum Gasteiger partial charge on any atom is -0.478 e. The van der Waals surface area contributed by atoms with Crippen LogP contribution in [0.1, 0.15) is 80.8 Å². The first-order chi connectivity index (χ1) is 16.6. The van der Waals surface area contributed by atoms with Crippen LogP contribution in [0.5, 0.6) is 0 Å². The summed E-state index contributed by atoms with van der Waals surface area (Å²) in [6.07, 6.45) is 7.98. The lowest BCUT2D eigenvalue weighted by atomic mass is 10.0. The van der Waals surface area contributed by atoms with Gasteiger partial charge in [0, 0.05) is 5.56 Å². The first-order valence-corrected chi connectivity index (χ1v) is 15.5. The van der Waals surface area contributed by atoms with Crippen LogP contribution < -0.4 is 0 Å². The zero-order valence-corrected chi connectivity index (χ0v) is 22.7. The van der Waals surface area contributed by atoms with Crippen LogP contribution >= 0.6 is 0 Å². The number of carboxylic acid groups (broad SMARTS) is 1. The zero-order chi connectivity index (χ0) is 25.5. The molecule has 0 radical (unpaired) electrons. The number of aromatic nitrogens is 1. The summed E-state index contributed by atoms with van der Waals surface area (Å²) < 4.78 is 12.9. The Bertz CT molecular complexity index is 1090. The molecule has 0 aliphatic carbocycles. The summed E-state index contributed by atoms with van der Waals surface area (Å²) in [6.45, 7) is 11.2. The second-order valence-electron chi connectivity index (χ2n) is 10.8. The largest absolute Gasteiger partial charge is 0.478 e. The SMILES string of the molecule is CC(C)(C)[Si](C)(C)OC(CCCCCCc1ccccc1)c1ncc(-c2cccc(C(=O)O)c2)o1. The fraction of sp³-hybridized carbons (Fsp3) is 0.448. The van der Waals surface area contributed by atoms with Gasteiger partial charge in [-0.15, -0.1) is 0 Å². The fourth-order valence-corrected chi connectivity index (χ4v) is 5.08. The predicted octanol–water partition coefficient (Wildman–Crippen LogP) is 8.30. The number of aromatic carboxylic acids is 1. The molecule has 0 fully saturated rings. The second kappa shape index (κ2) is 11.8. The highest BCUT2D eigenvalue weighted by molar-refractivity contribution is 6.74. The minimum atomic E-state index is -2.04. The number of nitrogens with zero attached hydrogens (tertiary/aromatic N) is 1. The number of unbranched alkanes of at least 4 members (excludes halogenated alkanes) is 3. The summed E-state index contributed by atoms with van der Waals surface area (Å²) in [4.78, 5) is 15.9. The van der Waals surface area contributed by atoms with E-state index in [1.807, 2.05) is 6.07 Å². The Hall–Kier alpha value is -2.70. The number of carbonyl (C=O) groups is 1. The molecule has 5 nitrogen and oxygen atoms in total. The van der Waals surface area contributed by atoms with Gasteiger partial charge < -0.3 is 13.9 Å². The van der Waals surface area contributed by atoms with Crippen molar-refractivity contribution in [2.24, 2.45) is 0 Å². The Morgan fingerprint density at radius 3 is 2.43 bits per heavy atom. The second-order valence-corrected chi connectivity index (χ2v) is 15.5. The van der Waals surface area contributed by atoms with Crippen molar-refractivity contribution in [3.05, 3.63) is 77.8 Å². The maximum atomic E-state index is 11.4. The van der Waals surface area contributed by atoms with Gasteiger partial charge in [0.05, 0.1) is 11.8 Å². The number of carboxylic acids is 1. The summed E-state index contributed by atoms with van der Waals surface area (Å²) in [5.41, 5.74) is 2.33. The van der Waals surface area contributed by atoms with Gasteiger partial charge in [0.25, 0.3) is 0 Å². The Kier molecular flexibility index (Phi) is 9.08. The number of rotatable bonds is 12. The van der Waals surface area contributed by atoms with Gasteiger partial charge in [0.2, 0.25) is 5.89 Å². The third kappa shape index (κ3) is 7.64.